The molecule has 2 aliphatic rings. The van der Waals surface area contributed by atoms with Crippen LogP contribution in [0.15, 0.2) is 24.3 Å². The summed E-state index contributed by atoms with van der Waals surface area (Å²) in [7, 11) is 1.88. The highest BCUT2D eigenvalue weighted by molar-refractivity contribution is 5.90. The number of nitrogens with zero attached hydrogens (tertiary/aromatic N) is 3. The Balaban J connectivity index is 1.62. The number of alkyl halides is 3. The van der Waals surface area contributed by atoms with Gasteiger partial charge in [-0.15, -0.1) is 0 Å². The van der Waals surface area contributed by atoms with Gasteiger partial charge in [-0.3, -0.25) is 4.68 Å². The Morgan fingerprint density at radius 2 is 2.07 bits per heavy atom. The molecule has 1 saturated heterocycles. The summed E-state index contributed by atoms with van der Waals surface area (Å²) in [4.78, 5) is 14.6. The Morgan fingerprint density at radius 1 is 1.28 bits per heavy atom. The highest BCUT2D eigenvalue weighted by Gasteiger charge is 2.36. The summed E-state index contributed by atoms with van der Waals surface area (Å²) >= 11 is 0. The number of aromatic nitrogens is 2. The number of aryl methyl sites for hydroxylation is 1. The van der Waals surface area contributed by atoms with E-state index in [1.54, 1.807) is 4.90 Å². The minimum absolute atomic E-state index is 0.235. The summed E-state index contributed by atoms with van der Waals surface area (Å²) in [6.07, 6.45) is -1.33. The lowest BCUT2D eigenvalue weighted by Crippen LogP contribution is -2.42. The van der Waals surface area contributed by atoms with Crippen molar-refractivity contribution in [2.45, 2.75) is 44.5 Å². The standard InChI is InChI=1S/C20H23F3N4O2/c1-26-16-9-11-29-12-13(16)18(25-26)17-8-4-5-10-27(17)19(28)24-15-7-3-2-6-14(15)20(21,22)23/h2-3,6-7,17H,4-5,8-12H2,1H3,(H,24,28). The fraction of sp³-hybridized carbons (Fsp3) is 0.500. The summed E-state index contributed by atoms with van der Waals surface area (Å²) in [5.41, 5.74) is 1.80. The molecule has 0 aliphatic carbocycles. The van der Waals surface area contributed by atoms with E-state index in [2.05, 4.69) is 10.4 Å². The van der Waals surface area contributed by atoms with Gasteiger partial charge in [0.15, 0.2) is 0 Å². The van der Waals surface area contributed by atoms with E-state index in [0.29, 0.717) is 19.8 Å². The number of halogens is 3. The van der Waals surface area contributed by atoms with Crippen LogP contribution in [0.5, 0.6) is 0 Å². The first-order chi connectivity index (χ1) is 13.9. The van der Waals surface area contributed by atoms with Crippen LogP contribution < -0.4 is 5.32 Å². The second kappa shape index (κ2) is 7.70. The van der Waals surface area contributed by atoms with Crippen molar-refractivity contribution in [2.75, 3.05) is 18.5 Å². The lowest BCUT2D eigenvalue weighted by molar-refractivity contribution is -0.136. The van der Waals surface area contributed by atoms with Crippen LogP contribution in [0.3, 0.4) is 0 Å². The Bertz CT molecular complexity index is 910. The highest BCUT2D eigenvalue weighted by atomic mass is 19.4. The molecule has 6 nitrogen and oxygen atoms in total. The van der Waals surface area contributed by atoms with E-state index in [0.717, 1.165) is 48.7 Å². The van der Waals surface area contributed by atoms with Gasteiger partial charge >= 0.3 is 12.2 Å². The van der Waals surface area contributed by atoms with E-state index < -0.39 is 17.8 Å². The molecule has 3 heterocycles. The molecule has 2 amide bonds. The van der Waals surface area contributed by atoms with E-state index in [1.165, 1.54) is 18.2 Å². The zero-order chi connectivity index (χ0) is 20.6. The summed E-state index contributed by atoms with van der Waals surface area (Å²) in [6.45, 7) is 1.55. The maximum absolute atomic E-state index is 13.3. The van der Waals surface area contributed by atoms with E-state index in [9.17, 15) is 18.0 Å². The Kier molecular flexibility index (Phi) is 5.24. The SMILES string of the molecule is Cn1nc(C2CCCCN2C(=O)Nc2ccccc2C(F)(F)F)c2c1CCOC2. The van der Waals surface area contributed by atoms with Crippen molar-refractivity contribution in [2.24, 2.45) is 7.05 Å². The molecule has 1 aromatic carbocycles. The third kappa shape index (κ3) is 3.83. The van der Waals surface area contributed by atoms with Gasteiger partial charge in [-0.05, 0) is 31.4 Å². The van der Waals surface area contributed by atoms with Crippen molar-refractivity contribution in [3.8, 4) is 0 Å². The third-order valence-electron chi connectivity index (χ3n) is 5.59. The van der Waals surface area contributed by atoms with Crippen LogP contribution in [0.1, 0.15) is 47.8 Å². The largest absolute Gasteiger partial charge is 0.418 e. The number of benzene rings is 1. The fourth-order valence-electron chi connectivity index (χ4n) is 4.19. The topological polar surface area (TPSA) is 59.4 Å². The minimum Gasteiger partial charge on any atom is -0.376 e. The maximum atomic E-state index is 13.3. The normalized spacial score (nSPS) is 19.7. The number of carbonyl (C=O) groups excluding carboxylic acids is 1. The van der Waals surface area contributed by atoms with Gasteiger partial charge in [0.1, 0.15) is 0 Å². The Labute approximate surface area is 166 Å². The number of rotatable bonds is 2. The van der Waals surface area contributed by atoms with Crippen molar-refractivity contribution < 1.29 is 22.7 Å². The number of fused-ring (bicyclic) bond motifs is 1. The number of carbonyl (C=O) groups is 1. The van der Waals surface area contributed by atoms with Crippen LogP contribution in [-0.4, -0.2) is 33.9 Å². The van der Waals surface area contributed by atoms with Crippen LogP contribution in [0.2, 0.25) is 0 Å². The number of para-hydroxylation sites is 1. The Morgan fingerprint density at radius 3 is 2.86 bits per heavy atom. The van der Waals surface area contributed by atoms with Gasteiger partial charge in [0.2, 0.25) is 0 Å². The van der Waals surface area contributed by atoms with Crippen LogP contribution in [0.25, 0.3) is 0 Å². The summed E-state index contributed by atoms with van der Waals surface area (Å²) in [5, 5.41) is 7.12. The number of hydrogen-bond donors (Lipinski definition) is 1. The van der Waals surface area contributed by atoms with Crippen molar-refractivity contribution in [1.82, 2.24) is 14.7 Å². The molecule has 1 N–H and O–H groups in total. The van der Waals surface area contributed by atoms with Crippen LogP contribution in [0, 0.1) is 0 Å². The van der Waals surface area contributed by atoms with Gasteiger partial charge in [-0.25, -0.2) is 4.79 Å². The number of hydrogen-bond acceptors (Lipinski definition) is 3. The van der Waals surface area contributed by atoms with Gasteiger partial charge in [0, 0.05) is 31.3 Å². The van der Waals surface area contributed by atoms with Crippen molar-refractivity contribution in [3.63, 3.8) is 0 Å². The first kappa shape index (κ1) is 19.8. The average Bonchev–Trinajstić information content (AvgIpc) is 3.04. The molecule has 0 saturated carbocycles. The lowest BCUT2D eigenvalue weighted by Gasteiger charge is -2.35. The van der Waals surface area contributed by atoms with Crippen LogP contribution in [0.4, 0.5) is 23.7 Å². The second-order valence-corrected chi connectivity index (χ2v) is 7.42. The lowest BCUT2D eigenvalue weighted by atomic mass is 9.95. The molecular weight excluding hydrogens is 385 g/mol. The van der Waals surface area contributed by atoms with Crippen molar-refractivity contribution in [1.29, 1.82) is 0 Å². The van der Waals surface area contributed by atoms with Crippen molar-refractivity contribution >= 4 is 11.7 Å². The molecule has 0 radical (unpaired) electrons. The number of anilines is 1. The first-order valence-corrected chi connectivity index (χ1v) is 9.72. The predicted molar refractivity (Wildman–Crippen MR) is 100 cm³/mol. The summed E-state index contributed by atoms with van der Waals surface area (Å²) in [5.74, 6) is 0. The molecule has 0 bridgehead atoms. The molecule has 4 rings (SSSR count). The van der Waals surface area contributed by atoms with E-state index >= 15 is 0 Å². The molecule has 156 valence electrons. The molecule has 2 aliphatic heterocycles. The zero-order valence-corrected chi connectivity index (χ0v) is 16.1. The van der Waals surface area contributed by atoms with Gasteiger partial charge in [0.25, 0.3) is 0 Å². The molecule has 1 aromatic heterocycles. The summed E-state index contributed by atoms with van der Waals surface area (Å²) in [6, 6.07) is 4.21. The van der Waals surface area contributed by atoms with Gasteiger partial charge in [-0.1, -0.05) is 12.1 Å². The monoisotopic (exact) mass is 408 g/mol. The molecule has 9 heteroatoms. The Hall–Kier alpha value is -2.55. The predicted octanol–water partition coefficient (Wildman–Crippen LogP) is 4.27. The van der Waals surface area contributed by atoms with E-state index in [4.69, 9.17) is 4.74 Å². The van der Waals surface area contributed by atoms with E-state index in [1.807, 2.05) is 11.7 Å². The van der Waals surface area contributed by atoms with Gasteiger partial charge < -0.3 is 15.0 Å². The molecular formula is C20H23F3N4O2. The molecule has 1 unspecified atom stereocenters. The van der Waals surface area contributed by atoms with Crippen LogP contribution in [-0.2, 0) is 31.0 Å². The van der Waals surface area contributed by atoms with Gasteiger partial charge in [-0.2, -0.15) is 18.3 Å². The average molecular weight is 408 g/mol. The maximum Gasteiger partial charge on any atom is 0.418 e. The number of nitrogens with one attached hydrogen (secondary N) is 1. The molecule has 1 atom stereocenters. The highest BCUT2D eigenvalue weighted by Crippen LogP contribution is 2.37. The van der Waals surface area contributed by atoms with E-state index in [-0.39, 0.29) is 11.7 Å². The molecule has 0 spiro atoms. The fourth-order valence-corrected chi connectivity index (χ4v) is 4.19. The van der Waals surface area contributed by atoms with Gasteiger partial charge in [0.05, 0.1) is 36.2 Å². The molecule has 2 aromatic rings. The third-order valence-corrected chi connectivity index (χ3v) is 5.59. The number of urea groups is 1. The smallest absolute Gasteiger partial charge is 0.376 e. The minimum atomic E-state index is -4.54. The summed E-state index contributed by atoms with van der Waals surface area (Å²) < 4.78 is 47.3. The first-order valence-electron chi connectivity index (χ1n) is 9.72. The molecule has 1 fully saturated rings. The second-order valence-electron chi connectivity index (χ2n) is 7.42. The molecule has 29 heavy (non-hydrogen) atoms. The number of likely N-dealkylation sites (tertiary alicyclic amines) is 1. The number of amides is 2. The number of ether oxygens (including phenoxy) is 1. The van der Waals surface area contributed by atoms with Crippen molar-refractivity contribution in [3.05, 3.63) is 46.8 Å². The quantitative estimate of drug-likeness (QED) is 0.807. The van der Waals surface area contributed by atoms with Crippen LogP contribution >= 0.6 is 0 Å². The zero-order valence-electron chi connectivity index (χ0n) is 16.1. The number of piperidine rings is 1.